The Morgan fingerprint density at radius 1 is 0.769 bits per heavy atom. The Balaban J connectivity index is 2.01. The first kappa shape index (κ1) is 15.7. The molecule has 126 valence electrons. The quantitative estimate of drug-likeness (QED) is 0.430. The van der Waals surface area contributed by atoms with Crippen LogP contribution in [0.4, 0.5) is 5.69 Å². The van der Waals surface area contributed by atoms with Crippen LogP contribution in [0, 0.1) is 10.1 Å². The van der Waals surface area contributed by atoms with E-state index in [1.807, 2.05) is 0 Å². The molecule has 0 spiro atoms. The van der Waals surface area contributed by atoms with Crippen molar-refractivity contribution < 1.29 is 19.6 Å². The monoisotopic (exact) mass is 345 g/mol. The third kappa shape index (κ3) is 2.28. The summed E-state index contributed by atoms with van der Waals surface area (Å²) in [6.07, 6.45) is 0. The highest BCUT2D eigenvalue weighted by Crippen LogP contribution is 2.41. The molecule has 3 aromatic rings. The minimum Gasteiger partial charge on any atom is -0.508 e. The van der Waals surface area contributed by atoms with Gasteiger partial charge in [0.1, 0.15) is 5.75 Å². The molecule has 0 bridgehead atoms. The number of hydrogen-bond acceptors (Lipinski definition) is 5. The van der Waals surface area contributed by atoms with Crippen molar-refractivity contribution in [1.29, 1.82) is 0 Å². The summed E-state index contributed by atoms with van der Waals surface area (Å²) in [6, 6.07) is 15.5. The number of fused-ring (bicyclic) bond motifs is 3. The number of phenolic OH excluding ortho intramolecular Hbond substituents is 1. The molecule has 0 unspecified atom stereocenters. The third-order valence-electron chi connectivity index (χ3n) is 4.42. The van der Waals surface area contributed by atoms with E-state index in [2.05, 4.69) is 0 Å². The molecular weight excluding hydrogens is 334 g/mol. The van der Waals surface area contributed by atoms with E-state index in [-0.39, 0.29) is 28.1 Å². The second-order valence-corrected chi connectivity index (χ2v) is 5.92. The van der Waals surface area contributed by atoms with Crippen LogP contribution in [0.1, 0.15) is 20.7 Å². The van der Waals surface area contributed by atoms with Crippen molar-refractivity contribution in [3.05, 3.63) is 81.9 Å². The molecule has 6 heteroatoms. The lowest BCUT2D eigenvalue weighted by Crippen LogP contribution is -2.21. The summed E-state index contributed by atoms with van der Waals surface area (Å²) in [5.74, 6) is -1.30. The van der Waals surface area contributed by atoms with Gasteiger partial charge < -0.3 is 5.11 Å². The van der Waals surface area contributed by atoms with Gasteiger partial charge in [0.15, 0.2) is 0 Å². The standard InChI is InChI=1S/C20H11NO5/c22-13-7-4-11(5-8-13)12-6-9-14-16(10-12)18-15(20(24)19(14)23)2-1-3-17(18)21(25)26/h1-10,22H. The van der Waals surface area contributed by atoms with E-state index in [1.54, 1.807) is 24.3 Å². The van der Waals surface area contributed by atoms with Gasteiger partial charge in [0.05, 0.1) is 10.5 Å². The van der Waals surface area contributed by atoms with Gasteiger partial charge >= 0.3 is 0 Å². The molecule has 6 nitrogen and oxygen atoms in total. The molecule has 0 heterocycles. The minimum absolute atomic E-state index is 0.0413. The third-order valence-corrected chi connectivity index (χ3v) is 4.42. The second-order valence-electron chi connectivity index (χ2n) is 5.92. The van der Waals surface area contributed by atoms with Crippen molar-refractivity contribution in [2.24, 2.45) is 0 Å². The molecule has 1 N–H and O–H groups in total. The van der Waals surface area contributed by atoms with Crippen LogP contribution in [0.25, 0.3) is 22.3 Å². The molecule has 0 fully saturated rings. The van der Waals surface area contributed by atoms with Crippen molar-refractivity contribution in [3.8, 4) is 28.0 Å². The predicted molar refractivity (Wildman–Crippen MR) is 94.3 cm³/mol. The Labute approximate surface area is 147 Å². The maximum absolute atomic E-state index is 12.4. The Morgan fingerprint density at radius 3 is 2.12 bits per heavy atom. The number of Topliss-reactive ketones (excluding diaryl/α,β-unsaturated/α-hetero) is 2. The van der Waals surface area contributed by atoms with Gasteiger partial charge in [0.2, 0.25) is 11.6 Å². The zero-order chi connectivity index (χ0) is 18.4. The number of aromatic hydroxyl groups is 1. The zero-order valence-electron chi connectivity index (χ0n) is 13.3. The Morgan fingerprint density at radius 2 is 1.42 bits per heavy atom. The smallest absolute Gasteiger partial charge is 0.277 e. The van der Waals surface area contributed by atoms with Crippen LogP contribution in [-0.4, -0.2) is 21.6 Å². The number of ketones is 2. The number of phenols is 1. The lowest BCUT2D eigenvalue weighted by Gasteiger charge is -2.18. The molecule has 0 saturated carbocycles. The van der Waals surface area contributed by atoms with Gasteiger partial charge in [-0.2, -0.15) is 0 Å². The van der Waals surface area contributed by atoms with Crippen molar-refractivity contribution in [2.45, 2.75) is 0 Å². The number of nitro groups is 1. The molecule has 4 rings (SSSR count). The molecule has 0 aromatic heterocycles. The molecule has 0 saturated heterocycles. The number of carbonyl (C=O) groups excluding carboxylic acids is 2. The van der Waals surface area contributed by atoms with E-state index < -0.39 is 16.5 Å². The Hall–Kier alpha value is -3.80. The number of carbonyl (C=O) groups is 2. The molecular formula is C20H11NO5. The minimum atomic E-state index is -0.742. The van der Waals surface area contributed by atoms with Crippen LogP contribution in [-0.2, 0) is 0 Å². The Bertz CT molecular complexity index is 1100. The van der Waals surface area contributed by atoms with Crippen LogP contribution in [0.2, 0.25) is 0 Å². The predicted octanol–water partition coefficient (Wildman–Crippen LogP) is 4.01. The van der Waals surface area contributed by atoms with Crippen LogP contribution >= 0.6 is 0 Å². The molecule has 0 radical (unpaired) electrons. The van der Waals surface area contributed by atoms with E-state index in [9.17, 15) is 24.8 Å². The summed E-state index contributed by atoms with van der Waals surface area (Å²) in [7, 11) is 0. The normalized spacial score (nSPS) is 12.5. The van der Waals surface area contributed by atoms with E-state index in [1.165, 1.54) is 36.4 Å². The number of hydrogen-bond donors (Lipinski definition) is 1. The van der Waals surface area contributed by atoms with E-state index >= 15 is 0 Å². The molecule has 1 aliphatic rings. The maximum atomic E-state index is 12.4. The second kappa shape index (κ2) is 5.63. The molecule has 0 atom stereocenters. The lowest BCUT2D eigenvalue weighted by molar-refractivity contribution is -0.384. The van der Waals surface area contributed by atoms with E-state index in [0.717, 1.165) is 11.1 Å². The first-order chi connectivity index (χ1) is 12.5. The van der Waals surface area contributed by atoms with Crippen molar-refractivity contribution in [2.75, 3.05) is 0 Å². The average Bonchev–Trinajstić information content (AvgIpc) is 2.65. The fourth-order valence-corrected chi connectivity index (χ4v) is 3.19. The van der Waals surface area contributed by atoms with Gasteiger partial charge in [-0.05, 0) is 41.5 Å². The lowest BCUT2D eigenvalue weighted by atomic mass is 9.81. The summed E-state index contributed by atoms with van der Waals surface area (Å²) in [4.78, 5) is 35.6. The fourth-order valence-electron chi connectivity index (χ4n) is 3.19. The van der Waals surface area contributed by atoms with Gasteiger partial charge in [0.25, 0.3) is 5.69 Å². The van der Waals surface area contributed by atoms with Gasteiger partial charge in [-0.1, -0.05) is 24.3 Å². The number of benzene rings is 3. The Kier molecular flexibility index (Phi) is 3.40. The highest BCUT2D eigenvalue weighted by molar-refractivity contribution is 6.53. The van der Waals surface area contributed by atoms with Gasteiger partial charge in [-0.25, -0.2) is 0 Å². The fraction of sp³-hybridized carbons (Fsp3) is 0. The molecule has 0 aliphatic heterocycles. The maximum Gasteiger partial charge on any atom is 0.277 e. The number of nitro benzene ring substituents is 1. The van der Waals surface area contributed by atoms with Gasteiger partial charge in [-0.3, -0.25) is 19.7 Å². The highest BCUT2D eigenvalue weighted by Gasteiger charge is 2.35. The molecule has 1 aliphatic carbocycles. The molecule has 26 heavy (non-hydrogen) atoms. The zero-order valence-corrected chi connectivity index (χ0v) is 13.3. The van der Waals surface area contributed by atoms with Crippen LogP contribution < -0.4 is 0 Å². The van der Waals surface area contributed by atoms with Gasteiger partial charge in [0, 0.05) is 22.8 Å². The summed E-state index contributed by atoms with van der Waals surface area (Å²) in [5.41, 5.74) is 2.00. The van der Waals surface area contributed by atoms with Crippen LogP contribution in [0.15, 0.2) is 60.7 Å². The first-order valence-electron chi connectivity index (χ1n) is 7.77. The van der Waals surface area contributed by atoms with E-state index in [4.69, 9.17) is 0 Å². The van der Waals surface area contributed by atoms with Crippen LogP contribution in [0.5, 0.6) is 5.75 Å². The van der Waals surface area contributed by atoms with Crippen molar-refractivity contribution >= 4 is 17.3 Å². The summed E-state index contributed by atoms with van der Waals surface area (Å²) >= 11 is 0. The molecule has 3 aromatic carbocycles. The average molecular weight is 345 g/mol. The largest absolute Gasteiger partial charge is 0.508 e. The summed E-state index contributed by atoms with van der Waals surface area (Å²) in [6.45, 7) is 0. The number of nitrogens with zero attached hydrogens (tertiary/aromatic N) is 1. The van der Waals surface area contributed by atoms with Crippen molar-refractivity contribution in [1.82, 2.24) is 0 Å². The summed E-state index contributed by atoms with van der Waals surface area (Å²) < 4.78 is 0. The van der Waals surface area contributed by atoms with Crippen LogP contribution in [0.3, 0.4) is 0 Å². The SMILES string of the molecule is O=C1C(=O)c2cccc([N+](=O)[O-])c2-c2cc(-c3ccc(O)cc3)ccc21. The highest BCUT2D eigenvalue weighted by atomic mass is 16.6. The molecule has 0 amide bonds. The van der Waals surface area contributed by atoms with E-state index in [0.29, 0.717) is 5.56 Å². The van der Waals surface area contributed by atoms with Gasteiger partial charge in [-0.15, -0.1) is 0 Å². The topological polar surface area (TPSA) is 97.5 Å². The number of rotatable bonds is 2. The summed E-state index contributed by atoms with van der Waals surface area (Å²) in [5, 5.41) is 20.9. The van der Waals surface area contributed by atoms with Crippen molar-refractivity contribution in [3.63, 3.8) is 0 Å². The first-order valence-corrected chi connectivity index (χ1v) is 7.77.